The fraction of sp³-hybridized carbons (Fsp3) is 0.526. The van der Waals surface area contributed by atoms with Crippen molar-refractivity contribution >= 4 is 23.5 Å². The molecule has 0 aliphatic carbocycles. The van der Waals surface area contributed by atoms with Crippen LogP contribution in [-0.2, 0) is 9.59 Å². The second kappa shape index (κ2) is 7.46. The summed E-state index contributed by atoms with van der Waals surface area (Å²) in [4.78, 5) is 31.1. The number of hydrogen-bond donors (Lipinski definition) is 2. The van der Waals surface area contributed by atoms with E-state index in [1.54, 1.807) is 18.2 Å². The predicted molar refractivity (Wildman–Crippen MR) is 100 cm³/mol. The van der Waals surface area contributed by atoms with Gasteiger partial charge in [0.15, 0.2) is 11.5 Å². The number of fused-ring (bicyclic) bond motifs is 1. The fourth-order valence-corrected chi connectivity index (χ4v) is 3.46. The van der Waals surface area contributed by atoms with Crippen LogP contribution in [-0.4, -0.2) is 55.0 Å². The van der Waals surface area contributed by atoms with Gasteiger partial charge in [-0.15, -0.1) is 0 Å². The molecular formula is C19H24N4O4. The normalized spacial score (nSPS) is 22.3. The summed E-state index contributed by atoms with van der Waals surface area (Å²) in [5.74, 6) is 2.09. The van der Waals surface area contributed by atoms with Gasteiger partial charge in [-0.05, 0) is 30.9 Å². The highest BCUT2D eigenvalue weighted by molar-refractivity contribution is 6.07. The molecule has 8 heteroatoms. The van der Waals surface area contributed by atoms with E-state index in [9.17, 15) is 9.59 Å². The van der Waals surface area contributed by atoms with Crippen LogP contribution in [0.3, 0.4) is 0 Å². The van der Waals surface area contributed by atoms with Crippen molar-refractivity contribution in [2.24, 2.45) is 10.9 Å². The third-order valence-corrected chi connectivity index (χ3v) is 5.10. The lowest BCUT2D eigenvalue weighted by atomic mass is 10.00. The quantitative estimate of drug-likeness (QED) is 0.836. The lowest BCUT2D eigenvalue weighted by molar-refractivity contribution is -0.124. The van der Waals surface area contributed by atoms with Crippen molar-refractivity contribution in [2.75, 3.05) is 31.6 Å². The molecule has 1 atom stereocenters. The maximum Gasteiger partial charge on any atom is 0.252 e. The summed E-state index contributed by atoms with van der Waals surface area (Å²) >= 11 is 0. The summed E-state index contributed by atoms with van der Waals surface area (Å²) < 4.78 is 11.0. The number of carbonyl (C=O) groups is 2. The minimum Gasteiger partial charge on any atom is -0.486 e. The average Bonchev–Trinajstić information content (AvgIpc) is 3.02. The molecule has 2 N–H and O–H groups in total. The van der Waals surface area contributed by atoms with Crippen molar-refractivity contribution in [3.8, 4) is 11.5 Å². The van der Waals surface area contributed by atoms with Crippen LogP contribution in [0.2, 0.25) is 0 Å². The second-order valence-corrected chi connectivity index (χ2v) is 7.24. The van der Waals surface area contributed by atoms with Crippen LogP contribution < -0.4 is 20.1 Å². The highest BCUT2D eigenvalue weighted by atomic mass is 16.6. The van der Waals surface area contributed by atoms with Crippen molar-refractivity contribution in [3.05, 3.63) is 18.2 Å². The van der Waals surface area contributed by atoms with Crippen molar-refractivity contribution in [1.82, 2.24) is 10.2 Å². The lowest BCUT2D eigenvalue weighted by Crippen LogP contribution is -2.44. The zero-order chi connectivity index (χ0) is 18.8. The Morgan fingerprint density at radius 2 is 2.00 bits per heavy atom. The SMILES string of the molecule is CC1CCN(C2=N[C@H](CC(=O)Nc3ccc4c(c3)OCCO4)C(=O)N2)CC1. The van der Waals surface area contributed by atoms with Gasteiger partial charge in [0, 0.05) is 24.8 Å². The van der Waals surface area contributed by atoms with E-state index in [0.29, 0.717) is 42.3 Å². The molecule has 0 aromatic heterocycles. The number of hydrogen-bond acceptors (Lipinski definition) is 6. The number of benzene rings is 1. The third kappa shape index (κ3) is 3.99. The lowest BCUT2D eigenvalue weighted by Gasteiger charge is -2.31. The van der Waals surface area contributed by atoms with Crippen LogP contribution >= 0.6 is 0 Å². The number of anilines is 1. The molecule has 1 aromatic carbocycles. The van der Waals surface area contributed by atoms with Crippen molar-refractivity contribution in [1.29, 1.82) is 0 Å². The van der Waals surface area contributed by atoms with Gasteiger partial charge in [-0.3, -0.25) is 14.9 Å². The minimum absolute atomic E-state index is 0.00795. The van der Waals surface area contributed by atoms with Gasteiger partial charge in [0.25, 0.3) is 5.91 Å². The number of ether oxygens (including phenoxy) is 2. The number of rotatable bonds is 3. The Labute approximate surface area is 157 Å². The van der Waals surface area contributed by atoms with E-state index < -0.39 is 6.04 Å². The molecule has 3 aliphatic heterocycles. The smallest absolute Gasteiger partial charge is 0.252 e. The molecule has 0 bridgehead atoms. The molecule has 0 spiro atoms. The number of nitrogens with one attached hydrogen (secondary N) is 2. The fourth-order valence-electron chi connectivity index (χ4n) is 3.46. The highest BCUT2D eigenvalue weighted by Gasteiger charge is 2.32. The highest BCUT2D eigenvalue weighted by Crippen LogP contribution is 2.32. The Hall–Kier alpha value is -2.77. The van der Waals surface area contributed by atoms with E-state index in [-0.39, 0.29) is 18.2 Å². The molecule has 27 heavy (non-hydrogen) atoms. The maximum atomic E-state index is 12.4. The van der Waals surface area contributed by atoms with Gasteiger partial charge in [-0.2, -0.15) is 0 Å². The standard InChI is InChI=1S/C19H24N4O4/c1-12-4-6-23(7-5-12)19-21-14(18(25)22-19)11-17(24)20-13-2-3-15-16(10-13)27-9-8-26-15/h2-3,10,12,14H,4-9,11H2,1H3,(H,20,24)(H,21,22,25)/t14-/m1/s1. The Morgan fingerprint density at radius 1 is 1.26 bits per heavy atom. The van der Waals surface area contributed by atoms with E-state index in [0.717, 1.165) is 25.9 Å². The van der Waals surface area contributed by atoms with Crippen LogP contribution in [0.4, 0.5) is 5.69 Å². The van der Waals surface area contributed by atoms with Crippen molar-refractivity contribution < 1.29 is 19.1 Å². The maximum absolute atomic E-state index is 12.4. The number of likely N-dealkylation sites (tertiary alicyclic amines) is 1. The number of aliphatic imine (C=N–C) groups is 1. The van der Waals surface area contributed by atoms with Gasteiger partial charge >= 0.3 is 0 Å². The molecule has 0 unspecified atom stereocenters. The van der Waals surface area contributed by atoms with E-state index in [4.69, 9.17) is 9.47 Å². The first-order chi connectivity index (χ1) is 13.1. The molecule has 0 radical (unpaired) electrons. The summed E-state index contributed by atoms with van der Waals surface area (Å²) in [5.41, 5.74) is 0.608. The Kier molecular flexibility index (Phi) is 4.87. The monoisotopic (exact) mass is 372 g/mol. The molecule has 144 valence electrons. The van der Waals surface area contributed by atoms with Gasteiger partial charge in [-0.1, -0.05) is 6.92 Å². The first kappa shape index (κ1) is 17.6. The number of amides is 2. The molecular weight excluding hydrogens is 348 g/mol. The molecule has 1 fully saturated rings. The van der Waals surface area contributed by atoms with Crippen molar-refractivity contribution in [2.45, 2.75) is 32.2 Å². The van der Waals surface area contributed by atoms with Crippen LogP contribution in [0.15, 0.2) is 23.2 Å². The van der Waals surface area contributed by atoms with E-state index in [1.807, 2.05) is 0 Å². The Balaban J connectivity index is 1.35. The van der Waals surface area contributed by atoms with Crippen LogP contribution in [0.1, 0.15) is 26.2 Å². The van der Waals surface area contributed by atoms with Gasteiger partial charge in [-0.25, -0.2) is 4.99 Å². The zero-order valence-corrected chi connectivity index (χ0v) is 15.4. The third-order valence-electron chi connectivity index (χ3n) is 5.10. The Bertz CT molecular complexity index is 771. The first-order valence-electron chi connectivity index (χ1n) is 9.41. The molecule has 1 aromatic rings. The molecule has 8 nitrogen and oxygen atoms in total. The minimum atomic E-state index is -0.684. The van der Waals surface area contributed by atoms with Gasteiger partial charge < -0.3 is 19.7 Å². The number of nitrogens with zero attached hydrogens (tertiary/aromatic N) is 2. The Morgan fingerprint density at radius 3 is 2.78 bits per heavy atom. The average molecular weight is 372 g/mol. The van der Waals surface area contributed by atoms with Crippen LogP contribution in [0.5, 0.6) is 11.5 Å². The largest absolute Gasteiger partial charge is 0.486 e. The van der Waals surface area contributed by atoms with E-state index in [1.165, 1.54) is 0 Å². The summed E-state index contributed by atoms with van der Waals surface area (Å²) in [6.07, 6.45) is 2.18. The summed E-state index contributed by atoms with van der Waals surface area (Å²) in [6, 6.07) is 4.56. The molecule has 1 saturated heterocycles. The molecule has 3 heterocycles. The topological polar surface area (TPSA) is 92.3 Å². The van der Waals surface area contributed by atoms with Crippen LogP contribution in [0.25, 0.3) is 0 Å². The summed E-state index contributed by atoms with van der Waals surface area (Å²) in [5, 5.41) is 5.62. The van der Waals surface area contributed by atoms with Gasteiger partial charge in [0.1, 0.15) is 19.3 Å². The number of carbonyl (C=O) groups excluding carboxylic acids is 2. The van der Waals surface area contributed by atoms with Crippen molar-refractivity contribution in [3.63, 3.8) is 0 Å². The zero-order valence-electron chi connectivity index (χ0n) is 15.4. The van der Waals surface area contributed by atoms with Gasteiger partial charge in [0.2, 0.25) is 11.9 Å². The van der Waals surface area contributed by atoms with Crippen LogP contribution in [0, 0.1) is 5.92 Å². The summed E-state index contributed by atoms with van der Waals surface area (Å²) in [6.45, 7) is 5.01. The molecule has 4 rings (SSSR count). The molecule has 2 amide bonds. The molecule has 0 saturated carbocycles. The number of guanidine groups is 1. The summed E-state index contributed by atoms with van der Waals surface area (Å²) in [7, 11) is 0. The number of piperidine rings is 1. The second-order valence-electron chi connectivity index (χ2n) is 7.24. The van der Waals surface area contributed by atoms with E-state index >= 15 is 0 Å². The first-order valence-corrected chi connectivity index (χ1v) is 9.41. The molecule has 3 aliphatic rings. The van der Waals surface area contributed by atoms with Gasteiger partial charge in [0.05, 0.1) is 6.42 Å². The van der Waals surface area contributed by atoms with E-state index in [2.05, 4.69) is 27.4 Å². The predicted octanol–water partition coefficient (Wildman–Crippen LogP) is 1.37.